The van der Waals surface area contributed by atoms with Crippen molar-refractivity contribution in [2.75, 3.05) is 46.5 Å². The Hall–Kier alpha value is -2.57. The summed E-state index contributed by atoms with van der Waals surface area (Å²) < 4.78 is 17.8. The normalized spacial score (nSPS) is 22.4. The molecule has 0 radical (unpaired) electrons. The highest BCUT2D eigenvalue weighted by molar-refractivity contribution is 5.97. The maximum Gasteiger partial charge on any atom is 0.257 e. The van der Waals surface area contributed by atoms with Crippen LogP contribution in [-0.2, 0) is 11.3 Å². The average Bonchev–Trinajstić information content (AvgIpc) is 2.87. The van der Waals surface area contributed by atoms with E-state index >= 15 is 0 Å². The molecule has 6 nitrogen and oxygen atoms in total. The van der Waals surface area contributed by atoms with Gasteiger partial charge in [0.25, 0.3) is 5.91 Å². The molecule has 1 saturated heterocycles. The molecule has 2 aromatic carbocycles. The number of nitrogens with zero attached hydrogens (tertiary/aromatic N) is 2. The molecule has 2 bridgehead atoms. The number of benzene rings is 2. The fourth-order valence-corrected chi connectivity index (χ4v) is 5.19. The first-order valence-electron chi connectivity index (χ1n) is 12.7. The predicted molar refractivity (Wildman–Crippen MR) is 133 cm³/mol. The number of hydrogen-bond acceptors (Lipinski definition) is 5. The van der Waals surface area contributed by atoms with E-state index in [4.69, 9.17) is 14.2 Å². The second kappa shape index (κ2) is 12.2. The van der Waals surface area contributed by atoms with E-state index in [1.807, 2.05) is 48.2 Å². The molecule has 34 heavy (non-hydrogen) atoms. The third-order valence-electron chi connectivity index (χ3n) is 7.00. The minimum atomic E-state index is 0.0645. The second-order valence-electron chi connectivity index (χ2n) is 9.23. The molecule has 0 unspecified atom stereocenters. The van der Waals surface area contributed by atoms with Crippen LogP contribution in [0.15, 0.2) is 48.5 Å². The molecule has 6 heteroatoms. The second-order valence-corrected chi connectivity index (χ2v) is 9.23. The van der Waals surface area contributed by atoms with Crippen LogP contribution in [-0.4, -0.2) is 68.3 Å². The fourth-order valence-electron chi connectivity index (χ4n) is 5.19. The van der Waals surface area contributed by atoms with Crippen molar-refractivity contribution in [3.8, 4) is 11.5 Å². The van der Waals surface area contributed by atoms with Gasteiger partial charge in [-0.25, -0.2) is 0 Å². The van der Waals surface area contributed by atoms with Crippen LogP contribution in [0.25, 0.3) is 0 Å². The molecular weight excluding hydrogens is 428 g/mol. The first-order valence-corrected chi connectivity index (χ1v) is 12.7. The van der Waals surface area contributed by atoms with Gasteiger partial charge in [0.15, 0.2) is 0 Å². The van der Waals surface area contributed by atoms with Crippen LogP contribution in [0.5, 0.6) is 11.5 Å². The van der Waals surface area contributed by atoms with Gasteiger partial charge in [-0.05, 0) is 50.9 Å². The van der Waals surface area contributed by atoms with Crippen LogP contribution in [0.2, 0.25) is 0 Å². The Balaban J connectivity index is 1.53. The molecule has 1 amide bonds. The Kier molecular flexibility index (Phi) is 8.83. The van der Waals surface area contributed by atoms with Crippen molar-refractivity contribution in [3.05, 3.63) is 59.7 Å². The number of fused-ring (bicyclic) bond motifs is 3. The molecule has 2 atom stereocenters. The highest BCUT2D eigenvalue weighted by atomic mass is 16.5. The van der Waals surface area contributed by atoms with Crippen LogP contribution in [0.4, 0.5) is 0 Å². The lowest BCUT2D eigenvalue weighted by atomic mass is 9.89. The van der Waals surface area contributed by atoms with Crippen molar-refractivity contribution in [1.82, 2.24) is 9.80 Å². The number of para-hydroxylation sites is 2. The maximum absolute atomic E-state index is 13.4. The maximum atomic E-state index is 13.4. The van der Waals surface area contributed by atoms with Gasteiger partial charge in [0.2, 0.25) is 0 Å². The van der Waals surface area contributed by atoms with Gasteiger partial charge >= 0.3 is 0 Å². The van der Waals surface area contributed by atoms with Gasteiger partial charge in [0, 0.05) is 44.8 Å². The van der Waals surface area contributed by atoms with Crippen molar-refractivity contribution in [2.24, 2.45) is 5.92 Å². The smallest absolute Gasteiger partial charge is 0.257 e. The lowest BCUT2D eigenvalue weighted by Crippen LogP contribution is -2.46. The van der Waals surface area contributed by atoms with Gasteiger partial charge in [-0.15, -0.1) is 0 Å². The topological polar surface area (TPSA) is 51.2 Å². The van der Waals surface area contributed by atoms with Gasteiger partial charge in [0.05, 0.1) is 18.3 Å². The van der Waals surface area contributed by atoms with E-state index in [-0.39, 0.29) is 12.0 Å². The van der Waals surface area contributed by atoms with Crippen molar-refractivity contribution in [2.45, 2.75) is 45.3 Å². The van der Waals surface area contributed by atoms with Crippen LogP contribution in [0, 0.1) is 5.92 Å². The van der Waals surface area contributed by atoms with Gasteiger partial charge in [-0.1, -0.05) is 36.8 Å². The summed E-state index contributed by atoms with van der Waals surface area (Å²) in [6, 6.07) is 15.9. The van der Waals surface area contributed by atoms with Gasteiger partial charge in [-0.2, -0.15) is 0 Å². The molecule has 2 aliphatic heterocycles. The van der Waals surface area contributed by atoms with Crippen LogP contribution in [0.1, 0.15) is 48.5 Å². The van der Waals surface area contributed by atoms with E-state index in [0.717, 1.165) is 64.2 Å². The molecule has 184 valence electrons. The first-order chi connectivity index (χ1) is 16.7. The number of amides is 1. The number of carbonyl (C=O) groups excluding carboxylic acids is 1. The summed E-state index contributed by atoms with van der Waals surface area (Å²) in [5, 5.41) is 0. The summed E-state index contributed by atoms with van der Waals surface area (Å²) in [7, 11) is 1.80. The van der Waals surface area contributed by atoms with Gasteiger partial charge < -0.3 is 19.1 Å². The van der Waals surface area contributed by atoms with Crippen molar-refractivity contribution in [3.63, 3.8) is 0 Å². The summed E-state index contributed by atoms with van der Waals surface area (Å²) in [6.07, 6.45) is 4.40. The summed E-state index contributed by atoms with van der Waals surface area (Å²) in [4.78, 5) is 17.8. The zero-order valence-corrected chi connectivity index (χ0v) is 20.6. The van der Waals surface area contributed by atoms with Crippen molar-refractivity contribution in [1.29, 1.82) is 0 Å². The van der Waals surface area contributed by atoms with E-state index in [1.54, 1.807) is 7.11 Å². The van der Waals surface area contributed by atoms with E-state index < -0.39 is 0 Å². The number of hydrogen-bond donors (Lipinski definition) is 0. The first kappa shape index (κ1) is 24.6. The highest BCUT2D eigenvalue weighted by Crippen LogP contribution is 2.28. The zero-order valence-electron chi connectivity index (χ0n) is 20.6. The Morgan fingerprint density at radius 3 is 2.68 bits per heavy atom. The highest BCUT2D eigenvalue weighted by Gasteiger charge is 2.32. The lowest BCUT2D eigenvalue weighted by molar-refractivity contribution is -0.00702. The SMILES string of the molecule is CCOc1ccccc1CN1CCCC[C@H]2CN(CC[C@H]2OC)C(=O)c2ccccc2OCC1. The van der Waals surface area contributed by atoms with Crippen molar-refractivity contribution < 1.29 is 19.0 Å². The average molecular weight is 467 g/mol. The molecule has 0 N–H and O–H groups in total. The van der Waals surface area contributed by atoms with Crippen LogP contribution >= 0.6 is 0 Å². The van der Waals surface area contributed by atoms with E-state index in [9.17, 15) is 4.79 Å². The standard InChI is InChI=1S/C28H38N2O4/c1-3-33-26-13-6-4-10-22(26)20-29-16-9-8-11-23-21-30(17-15-25(23)32-2)28(31)24-12-5-7-14-27(24)34-19-18-29/h4-7,10,12-14,23,25H,3,8-9,11,15-21H2,1-2H3/t23-,25+/m0/s1. The van der Waals surface area contributed by atoms with Crippen LogP contribution < -0.4 is 9.47 Å². The Morgan fingerprint density at radius 1 is 1.00 bits per heavy atom. The van der Waals surface area contributed by atoms with E-state index in [2.05, 4.69) is 17.0 Å². The molecule has 4 rings (SSSR count). The van der Waals surface area contributed by atoms with Crippen molar-refractivity contribution >= 4 is 5.91 Å². The number of ether oxygens (including phenoxy) is 3. The largest absolute Gasteiger partial charge is 0.494 e. The number of rotatable bonds is 5. The minimum absolute atomic E-state index is 0.0645. The molecule has 0 spiro atoms. The fraction of sp³-hybridized carbons (Fsp3) is 0.536. The Bertz CT molecular complexity index is 934. The number of carbonyl (C=O) groups is 1. The summed E-state index contributed by atoms with van der Waals surface area (Å²) >= 11 is 0. The van der Waals surface area contributed by atoms with E-state index in [1.165, 1.54) is 5.56 Å². The monoisotopic (exact) mass is 466 g/mol. The van der Waals surface area contributed by atoms with Gasteiger partial charge in [0.1, 0.15) is 18.1 Å². The molecule has 2 heterocycles. The molecule has 0 saturated carbocycles. The van der Waals surface area contributed by atoms with Crippen LogP contribution in [0.3, 0.4) is 0 Å². The Labute approximate surface area is 203 Å². The van der Waals surface area contributed by atoms with E-state index in [0.29, 0.717) is 30.4 Å². The lowest BCUT2D eigenvalue weighted by Gasteiger charge is -2.38. The third kappa shape index (κ3) is 6.10. The van der Waals surface area contributed by atoms with Gasteiger partial charge in [-0.3, -0.25) is 9.69 Å². The molecule has 0 aliphatic carbocycles. The molecule has 1 fully saturated rings. The predicted octanol–water partition coefficient (Wildman–Crippen LogP) is 4.63. The summed E-state index contributed by atoms with van der Waals surface area (Å²) in [5.41, 5.74) is 1.85. The quantitative estimate of drug-likeness (QED) is 0.643. The Morgan fingerprint density at radius 2 is 1.82 bits per heavy atom. The zero-order chi connectivity index (χ0) is 23.8. The number of methoxy groups -OCH3 is 1. The molecule has 2 aromatic rings. The molecule has 0 aromatic heterocycles. The molecule has 2 aliphatic rings. The summed E-state index contributed by atoms with van der Waals surface area (Å²) in [5.74, 6) is 2.05. The number of piperidine rings is 1. The molecular formula is C28H38N2O4. The minimum Gasteiger partial charge on any atom is -0.494 e. The summed E-state index contributed by atoms with van der Waals surface area (Å²) in [6.45, 7) is 7.30. The third-order valence-corrected chi connectivity index (χ3v) is 7.00.